The van der Waals surface area contributed by atoms with Gasteiger partial charge < -0.3 is 28.5 Å². The number of aliphatic imine (C=N–C) groups is 2. The van der Waals surface area contributed by atoms with Crippen molar-refractivity contribution in [2.75, 3.05) is 40.8 Å². The summed E-state index contributed by atoms with van der Waals surface area (Å²) in [6, 6.07) is 2.75. The van der Waals surface area contributed by atoms with Crippen molar-refractivity contribution in [1.82, 2.24) is 0 Å². The molecule has 0 aliphatic rings. The van der Waals surface area contributed by atoms with Gasteiger partial charge in [-0.3, -0.25) is 0 Å². The van der Waals surface area contributed by atoms with Crippen LogP contribution in [-0.2, 0) is 0 Å². The van der Waals surface area contributed by atoms with Gasteiger partial charge in [0.2, 0.25) is 0 Å². The Hall–Kier alpha value is 0.0700. The third kappa shape index (κ3) is 16.7. The molecule has 0 heterocycles. The number of hydrogen-bond acceptors (Lipinski definition) is 2. The Labute approximate surface area is 111 Å². The van der Waals surface area contributed by atoms with Crippen LogP contribution in [0.4, 0.5) is 0 Å². The SMILES string of the molecule is CCCCN=C=NCCC[N+](C)(C)C.[I-]. The van der Waals surface area contributed by atoms with Crippen molar-refractivity contribution in [1.29, 1.82) is 0 Å². The van der Waals surface area contributed by atoms with Gasteiger partial charge in [-0.05, 0) is 6.42 Å². The fourth-order valence-electron chi connectivity index (χ4n) is 1.01. The lowest BCUT2D eigenvalue weighted by molar-refractivity contribution is -0.870. The van der Waals surface area contributed by atoms with E-state index in [0.29, 0.717) is 0 Å². The molecule has 0 N–H and O–H groups in total. The summed E-state index contributed by atoms with van der Waals surface area (Å²) >= 11 is 0. The number of halogens is 1. The minimum atomic E-state index is 0. The molecule has 0 saturated heterocycles. The molecule has 90 valence electrons. The zero-order chi connectivity index (χ0) is 10.9. The standard InChI is InChI=1S/C11H24N3.HI/c1-5-6-8-12-11-13-9-7-10-14(2,3)4;/h5-10H2,1-4H3;1H/q+1;/p-1. The van der Waals surface area contributed by atoms with Crippen LogP contribution in [0.5, 0.6) is 0 Å². The van der Waals surface area contributed by atoms with Crippen LogP contribution in [0, 0.1) is 0 Å². The monoisotopic (exact) mass is 325 g/mol. The molecule has 0 fully saturated rings. The van der Waals surface area contributed by atoms with Crippen LogP contribution in [0.15, 0.2) is 9.98 Å². The molecule has 3 nitrogen and oxygen atoms in total. The molecule has 0 radical (unpaired) electrons. The second kappa shape index (κ2) is 10.6. The molecule has 0 rings (SSSR count). The van der Waals surface area contributed by atoms with Crippen molar-refractivity contribution in [2.45, 2.75) is 26.2 Å². The molecule has 0 spiro atoms. The molecular weight excluding hydrogens is 301 g/mol. The minimum absolute atomic E-state index is 0. The lowest BCUT2D eigenvalue weighted by Gasteiger charge is -2.22. The first-order valence-corrected chi connectivity index (χ1v) is 5.44. The third-order valence-corrected chi connectivity index (χ3v) is 1.86. The number of hydrogen-bond donors (Lipinski definition) is 0. The molecule has 4 heteroatoms. The van der Waals surface area contributed by atoms with E-state index in [0.717, 1.165) is 37.0 Å². The zero-order valence-corrected chi connectivity index (χ0v) is 12.6. The number of unbranched alkanes of at least 4 members (excludes halogenated alkanes) is 1. The third-order valence-electron chi connectivity index (χ3n) is 1.86. The van der Waals surface area contributed by atoms with Crippen molar-refractivity contribution in [3.8, 4) is 0 Å². The van der Waals surface area contributed by atoms with Crippen molar-refractivity contribution in [2.24, 2.45) is 9.98 Å². The van der Waals surface area contributed by atoms with Crippen LogP contribution in [0.25, 0.3) is 0 Å². The van der Waals surface area contributed by atoms with Gasteiger partial charge in [0.15, 0.2) is 0 Å². The average Bonchev–Trinajstić information content (AvgIpc) is 2.08. The molecule has 0 aromatic heterocycles. The molecule has 0 aliphatic heterocycles. The molecule has 15 heavy (non-hydrogen) atoms. The van der Waals surface area contributed by atoms with E-state index in [2.05, 4.69) is 44.1 Å². The van der Waals surface area contributed by atoms with E-state index in [1.54, 1.807) is 0 Å². The maximum Gasteiger partial charge on any atom is 0.0892 e. The first-order valence-electron chi connectivity index (χ1n) is 5.44. The highest BCUT2D eigenvalue weighted by Gasteiger charge is 2.04. The predicted octanol–water partition coefficient (Wildman–Crippen LogP) is -0.939. The molecular formula is C11H24IN3. The fraction of sp³-hybridized carbons (Fsp3) is 0.909. The molecule has 0 saturated carbocycles. The maximum atomic E-state index is 4.12. The first kappa shape index (κ1) is 17.5. The Morgan fingerprint density at radius 1 is 1.00 bits per heavy atom. The Morgan fingerprint density at radius 2 is 1.53 bits per heavy atom. The van der Waals surface area contributed by atoms with E-state index in [1.807, 2.05) is 0 Å². The summed E-state index contributed by atoms with van der Waals surface area (Å²) in [7, 11) is 6.58. The van der Waals surface area contributed by atoms with Gasteiger partial charge in [-0.25, -0.2) is 9.98 Å². The Bertz CT molecular complexity index is 190. The highest BCUT2D eigenvalue weighted by molar-refractivity contribution is 5.40. The number of rotatable bonds is 7. The Balaban J connectivity index is 0. The van der Waals surface area contributed by atoms with Crippen LogP contribution in [0.1, 0.15) is 26.2 Å². The van der Waals surface area contributed by atoms with E-state index < -0.39 is 0 Å². The highest BCUT2D eigenvalue weighted by Crippen LogP contribution is 1.92. The lowest BCUT2D eigenvalue weighted by Crippen LogP contribution is -3.00. The summed E-state index contributed by atoms with van der Waals surface area (Å²) in [6.07, 6.45) is 3.44. The van der Waals surface area contributed by atoms with Crippen LogP contribution in [0.2, 0.25) is 0 Å². The molecule has 0 unspecified atom stereocenters. The van der Waals surface area contributed by atoms with E-state index >= 15 is 0 Å². The topological polar surface area (TPSA) is 24.7 Å². The lowest BCUT2D eigenvalue weighted by atomic mass is 10.3. The first-order chi connectivity index (χ1) is 6.56. The van der Waals surface area contributed by atoms with Crippen molar-refractivity contribution in [3.05, 3.63) is 0 Å². The summed E-state index contributed by atoms with van der Waals surface area (Å²) < 4.78 is 1.00. The van der Waals surface area contributed by atoms with Gasteiger partial charge in [-0.2, -0.15) is 0 Å². The maximum absolute atomic E-state index is 4.12. The summed E-state index contributed by atoms with van der Waals surface area (Å²) in [5.41, 5.74) is 0. The van der Waals surface area contributed by atoms with Gasteiger partial charge in [0.05, 0.1) is 40.2 Å². The molecule has 0 amide bonds. The minimum Gasteiger partial charge on any atom is -1.00 e. The predicted molar refractivity (Wildman–Crippen MR) is 62.0 cm³/mol. The molecule has 0 bridgehead atoms. The average molecular weight is 325 g/mol. The largest absolute Gasteiger partial charge is 1.00 e. The van der Waals surface area contributed by atoms with Crippen LogP contribution < -0.4 is 24.0 Å². The van der Waals surface area contributed by atoms with Gasteiger partial charge in [-0.15, -0.1) is 0 Å². The van der Waals surface area contributed by atoms with Crippen molar-refractivity contribution in [3.63, 3.8) is 0 Å². The summed E-state index contributed by atoms with van der Waals surface area (Å²) in [6.45, 7) is 5.04. The molecule has 0 aliphatic carbocycles. The van der Waals surface area contributed by atoms with Crippen LogP contribution >= 0.6 is 0 Å². The molecule has 0 aromatic rings. The van der Waals surface area contributed by atoms with E-state index in [4.69, 9.17) is 0 Å². The second-order valence-electron chi connectivity index (χ2n) is 4.58. The normalized spacial score (nSPS) is 10.1. The fourth-order valence-corrected chi connectivity index (χ4v) is 1.01. The highest BCUT2D eigenvalue weighted by atomic mass is 127. The molecule has 0 aromatic carbocycles. The number of quaternary nitrogens is 1. The summed E-state index contributed by atoms with van der Waals surface area (Å²) in [5.74, 6) is 0. The van der Waals surface area contributed by atoms with Crippen LogP contribution in [0.3, 0.4) is 0 Å². The summed E-state index contributed by atoms with van der Waals surface area (Å²) in [4.78, 5) is 8.19. The zero-order valence-electron chi connectivity index (χ0n) is 10.5. The summed E-state index contributed by atoms with van der Waals surface area (Å²) in [5, 5.41) is 0. The van der Waals surface area contributed by atoms with Crippen molar-refractivity contribution >= 4 is 6.01 Å². The van der Waals surface area contributed by atoms with Gasteiger partial charge in [0, 0.05) is 13.0 Å². The van der Waals surface area contributed by atoms with E-state index in [-0.39, 0.29) is 24.0 Å². The van der Waals surface area contributed by atoms with Gasteiger partial charge in [-0.1, -0.05) is 13.3 Å². The van der Waals surface area contributed by atoms with Gasteiger partial charge >= 0.3 is 0 Å². The molecule has 0 atom stereocenters. The second-order valence-corrected chi connectivity index (χ2v) is 4.58. The van der Waals surface area contributed by atoms with Crippen LogP contribution in [-0.4, -0.2) is 51.3 Å². The van der Waals surface area contributed by atoms with E-state index in [1.165, 1.54) is 6.42 Å². The van der Waals surface area contributed by atoms with Crippen molar-refractivity contribution < 1.29 is 28.5 Å². The van der Waals surface area contributed by atoms with E-state index in [9.17, 15) is 0 Å². The van der Waals surface area contributed by atoms with Gasteiger partial charge in [0.25, 0.3) is 0 Å². The quantitative estimate of drug-likeness (QED) is 0.250. The number of nitrogens with zero attached hydrogens (tertiary/aromatic N) is 3. The Morgan fingerprint density at radius 3 is 2.00 bits per heavy atom. The smallest absolute Gasteiger partial charge is 0.0892 e. The Kier molecular flexibility index (Phi) is 12.3. The van der Waals surface area contributed by atoms with Gasteiger partial charge in [0.1, 0.15) is 0 Å².